The predicted molar refractivity (Wildman–Crippen MR) is 139 cm³/mol. The van der Waals surface area contributed by atoms with Crippen molar-refractivity contribution in [2.24, 2.45) is 23.1 Å². The molecule has 0 unspecified atom stereocenters. The Bertz CT molecular complexity index is 1010. The van der Waals surface area contributed by atoms with Gasteiger partial charge in [0.05, 0.1) is 5.75 Å². The van der Waals surface area contributed by atoms with Crippen molar-refractivity contribution in [2.45, 2.75) is 38.4 Å². The lowest BCUT2D eigenvalue weighted by Gasteiger charge is -2.21. The van der Waals surface area contributed by atoms with E-state index in [0.29, 0.717) is 11.3 Å². The molecular weight excluding hydrogens is 520 g/mol. The zero-order chi connectivity index (χ0) is 28.8. The van der Waals surface area contributed by atoms with Crippen LogP contribution >= 0.6 is 11.8 Å². The average molecular weight is 555 g/mol. The molecule has 1 rings (SSSR count). The fourth-order valence-electron chi connectivity index (χ4n) is 2.90. The Morgan fingerprint density at radius 2 is 1.55 bits per heavy atom. The van der Waals surface area contributed by atoms with E-state index in [4.69, 9.17) is 27.0 Å². The third kappa shape index (κ3) is 11.9. The maximum Gasteiger partial charge on any atom is 0.341 e. The van der Waals surface area contributed by atoms with Crippen LogP contribution in [0.25, 0.3) is 0 Å². The maximum atomic E-state index is 12.7. The van der Waals surface area contributed by atoms with Crippen molar-refractivity contribution in [1.82, 2.24) is 16.0 Å². The highest BCUT2D eigenvalue weighted by molar-refractivity contribution is 7.99. The Morgan fingerprint density at radius 3 is 2.08 bits per heavy atom. The van der Waals surface area contributed by atoms with Crippen molar-refractivity contribution in [3.63, 3.8) is 0 Å². The number of amides is 5. The first-order valence-corrected chi connectivity index (χ1v) is 12.7. The van der Waals surface area contributed by atoms with E-state index >= 15 is 0 Å². The van der Waals surface area contributed by atoms with Crippen LogP contribution in [0.15, 0.2) is 24.3 Å². The fourth-order valence-corrected chi connectivity index (χ4v) is 3.79. The van der Waals surface area contributed by atoms with Crippen LogP contribution < -0.4 is 37.9 Å². The number of rotatable bonds is 17. The first kappa shape index (κ1) is 32.2. The number of hydrogen-bond acceptors (Lipinski definition) is 9. The molecule has 5 amide bonds. The molecule has 0 bridgehead atoms. The molecule has 0 aliphatic rings. The highest BCUT2D eigenvalue weighted by Gasteiger charge is 2.25. The quantitative estimate of drug-likeness (QED) is 0.106. The molecule has 0 radical (unpaired) electrons. The molecule has 1 aromatic carbocycles. The summed E-state index contributed by atoms with van der Waals surface area (Å²) >= 11 is 1.15. The Kier molecular flexibility index (Phi) is 13.6. The zero-order valence-corrected chi connectivity index (χ0v) is 21.9. The number of benzene rings is 1. The van der Waals surface area contributed by atoms with E-state index in [1.165, 1.54) is 19.1 Å². The third-order valence-electron chi connectivity index (χ3n) is 5.11. The second kappa shape index (κ2) is 16.1. The van der Waals surface area contributed by atoms with Crippen molar-refractivity contribution in [2.75, 3.05) is 24.7 Å². The van der Waals surface area contributed by atoms with Gasteiger partial charge in [0.2, 0.25) is 29.5 Å². The molecule has 15 heteroatoms. The molecule has 38 heavy (non-hydrogen) atoms. The summed E-state index contributed by atoms with van der Waals surface area (Å²) in [4.78, 5) is 70.6. The molecule has 0 aromatic heterocycles. The van der Waals surface area contributed by atoms with Gasteiger partial charge in [-0.25, -0.2) is 4.79 Å². The second-order valence-electron chi connectivity index (χ2n) is 8.40. The molecule has 0 heterocycles. The highest BCUT2D eigenvalue weighted by atomic mass is 32.2. The number of nitrogens with two attached hydrogens (primary N) is 3. The summed E-state index contributed by atoms with van der Waals surface area (Å²) in [6, 6.07) is 3.17. The van der Waals surface area contributed by atoms with E-state index in [2.05, 4.69) is 16.0 Å². The van der Waals surface area contributed by atoms with E-state index in [1.807, 2.05) is 0 Å². The monoisotopic (exact) mass is 554 g/mol. The van der Waals surface area contributed by atoms with E-state index in [9.17, 15) is 28.8 Å². The second-order valence-corrected chi connectivity index (χ2v) is 9.43. The molecule has 0 spiro atoms. The number of carbonyl (C=O) groups is 6. The van der Waals surface area contributed by atoms with E-state index in [-0.39, 0.29) is 30.4 Å². The molecule has 210 valence electrons. The standard InChI is InChI=1S/C23H34N6O8S/c1-12(22(35)27-13(2)20(25)33)10-38-11-18(30)28-17(8-24)23(36)29-16(21(26)34)7-14-3-5-15(6-4-14)37-9-19(31)32/h3-6,12-13,16-17H,7-11,24H2,1-2H3,(H2,25,33)(H2,26,34)(H,27,35)(H,28,30)(H,29,36)(H,31,32)/t12-,13-,16-,17-/m0/s1. The molecule has 0 aliphatic heterocycles. The van der Waals surface area contributed by atoms with Crippen molar-refractivity contribution in [3.05, 3.63) is 29.8 Å². The smallest absolute Gasteiger partial charge is 0.341 e. The summed E-state index contributed by atoms with van der Waals surface area (Å²) < 4.78 is 5.05. The Labute approximate surface area is 223 Å². The first-order chi connectivity index (χ1) is 17.8. The largest absolute Gasteiger partial charge is 0.482 e. The van der Waals surface area contributed by atoms with Crippen LogP contribution in [0.1, 0.15) is 19.4 Å². The fraction of sp³-hybridized carbons (Fsp3) is 0.478. The molecule has 10 N–H and O–H groups in total. The van der Waals surface area contributed by atoms with Crippen LogP contribution in [-0.4, -0.2) is 83.4 Å². The SMILES string of the molecule is C[C@H](NC(=O)[C@@H](C)CSCC(=O)N[C@@H](CN)C(=O)N[C@@H](Cc1ccc(OCC(=O)O)cc1)C(N)=O)C(N)=O. The van der Waals surface area contributed by atoms with Gasteiger partial charge in [-0.1, -0.05) is 19.1 Å². The Morgan fingerprint density at radius 1 is 0.921 bits per heavy atom. The number of carbonyl (C=O) groups excluding carboxylic acids is 5. The Balaban J connectivity index is 2.58. The minimum absolute atomic E-state index is 0.0374. The molecule has 0 saturated carbocycles. The van der Waals surface area contributed by atoms with Crippen molar-refractivity contribution < 1.29 is 38.6 Å². The normalized spacial score (nSPS) is 13.8. The van der Waals surface area contributed by atoms with Gasteiger partial charge in [0.1, 0.15) is 23.9 Å². The van der Waals surface area contributed by atoms with Crippen LogP contribution in [0.2, 0.25) is 0 Å². The molecule has 0 fully saturated rings. The average Bonchev–Trinajstić information content (AvgIpc) is 2.85. The van der Waals surface area contributed by atoms with Crippen molar-refractivity contribution >= 4 is 47.3 Å². The van der Waals surface area contributed by atoms with Gasteiger partial charge in [0.25, 0.3) is 0 Å². The number of ether oxygens (including phenoxy) is 1. The van der Waals surface area contributed by atoms with E-state index in [0.717, 1.165) is 11.8 Å². The van der Waals surface area contributed by atoms with Gasteiger partial charge in [-0.2, -0.15) is 11.8 Å². The minimum atomic E-state index is -1.13. The number of nitrogens with one attached hydrogen (secondary N) is 3. The lowest BCUT2D eigenvalue weighted by Crippen LogP contribution is -2.56. The number of hydrogen-bond donors (Lipinski definition) is 7. The molecule has 0 aliphatic carbocycles. The van der Waals surface area contributed by atoms with Gasteiger partial charge >= 0.3 is 5.97 Å². The summed E-state index contributed by atoms with van der Waals surface area (Å²) in [6.45, 7) is 2.34. The molecule has 0 saturated heterocycles. The summed E-state index contributed by atoms with van der Waals surface area (Å²) in [6.07, 6.45) is 0.0374. The van der Waals surface area contributed by atoms with Crippen LogP contribution in [0.5, 0.6) is 5.75 Å². The zero-order valence-electron chi connectivity index (χ0n) is 21.1. The number of primary amides is 2. The third-order valence-corrected chi connectivity index (χ3v) is 6.31. The van der Waals surface area contributed by atoms with Crippen LogP contribution in [0.3, 0.4) is 0 Å². The summed E-state index contributed by atoms with van der Waals surface area (Å²) in [7, 11) is 0. The van der Waals surface area contributed by atoms with Gasteiger partial charge < -0.3 is 43.0 Å². The molecule has 14 nitrogen and oxygen atoms in total. The molecule has 1 aromatic rings. The van der Waals surface area contributed by atoms with Crippen LogP contribution in [-0.2, 0) is 35.2 Å². The van der Waals surface area contributed by atoms with Crippen molar-refractivity contribution in [3.8, 4) is 5.75 Å². The predicted octanol–water partition coefficient (Wildman–Crippen LogP) is -2.53. The van der Waals surface area contributed by atoms with Crippen LogP contribution in [0, 0.1) is 5.92 Å². The molecule has 4 atom stereocenters. The van der Waals surface area contributed by atoms with E-state index in [1.54, 1.807) is 19.1 Å². The van der Waals surface area contributed by atoms with Gasteiger partial charge in [-0.3, -0.25) is 24.0 Å². The first-order valence-electron chi connectivity index (χ1n) is 11.5. The number of carboxylic acids is 1. The highest BCUT2D eigenvalue weighted by Crippen LogP contribution is 2.14. The maximum absolute atomic E-state index is 12.7. The minimum Gasteiger partial charge on any atom is -0.482 e. The summed E-state index contributed by atoms with van der Waals surface area (Å²) in [5.41, 5.74) is 16.8. The summed E-state index contributed by atoms with van der Waals surface area (Å²) in [5.74, 6) is -4.18. The van der Waals surface area contributed by atoms with Gasteiger partial charge in [0.15, 0.2) is 6.61 Å². The van der Waals surface area contributed by atoms with Gasteiger partial charge in [0, 0.05) is 24.6 Å². The van der Waals surface area contributed by atoms with Gasteiger partial charge in [-0.05, 0) is 24.6 Å². The topological polar surface area (TPSA) is 246 Å². The summed E-state index contributed by atoms with van der Waals surface area (Å²) in [5, 5.41) is 16.1. The Hall–Kier alpha value is -3.85. The number of thioether (sulfide) groups is 1. The number of aliphatic carboxylic acids is 1. The van der Waals surface area contributed by atoms with Crippen molar-refractivity contribution in [1.29, 1.82) is 0 Å². The lowest BCUT2D eigenvalue weighted by atomic mass is 10.0. The van der Waals surface area contributed by atoms with E-state index < -0.39 is 60.2 Å². The van der Waals surface area contributed by atoms with Crippen LogP contribution in [0.4, 0.5) is 0 Å². The van der Waals surface area contributed by atoms with Gasteiger partial charge in [-0.15, -0.1) is 0 Å². The lowest BCUT2D eigenvalue weighted by molar-refractivity contribution is -0.139. The number of carboxylic acid groups (broad SMARTS) is 1. The molecular formula is C23H34N6O8S.